The predicted molar refractivity (Wildman–Crippen MR) is 93.0 cm³/mol. The van der Waals surface area contributed by atoms with E-state index < -0.39 is 0 Å². The molecule has 1 heterocycles. The van der Waals surface area contributed by atoms with E-state index in [-0.39, 0.29) is 0 Å². The Bertz CT molecular complexity index is 496. The van der Waals surface area contributed by atoms with Crippen molar-refractivity contribution < 1.29 is 0 Å². The summed E-state index contributed by atoms with van der Waals surface area (Å²) in [5, 5.41) is 1.34. The molecule has 4 heteroatoms. The lowest BCUT2D eigenvalue weighted by Gasteiger charge is -2.17. The molecule has 1 aromatic carbocycles. The first kappa shape index (κ1) is 16.4. The number of hydrogen-bond donors (Lipinski definition) is 0. The Morgan fingerprint density at radius 3 is 2.71 bits per heavy atom. The number of halogens is 1. The molecular formula is C17H23ClN2S. The van der Waals surface area contributed by atoms with Gasteiger partial charge in [0.2, 0.25) is 0 Å². The van der Waals surface area contributed by atoms with Gasteiger partial charge in [0.1, 0.15) is 0 Å². The normalized spacial score (nSPS) is 12.5. The molecule has 0 saturated heterocycles. The number of rotatable bonds is 9. The highest BCUT2D eigenvalue weighted by Gasteiger charge is 2.12. The summed E-state index contributed by atoms with van der Waals surface area (Å²) in [6.07, 6.45) is 10.8. The van der Waals surface area contributed by atoms with E-state index in [9.17, 15) is 0 Å². The van der Waals surface area contributed by atoms with Crippen LogP contribution in [0.15, 0.2) is 43.0 Å². The Hall–Kier alpha value is -0.930. The van der Waals surface area contributed by atoms with Gasteiger partial charge in [-0.1, -0.05) is 43.5 Å². The Kier molecular flexibility index (Phi) is 7.17. The van der Waals surface area contributed by atoms with Gasteiger partial charge in [0.25, 0.3) is 0 Å². The van der Waals surface area contributed by atoms with Crippen LogP contribution in [0.3, 0.4) is 0 Å². The van der Waals surface area contributed by atoms with Crippen LogP contribution in [0.5, 0.6) is 0 Å². The van der Waals surface area contributed by atoms with Crippen LogP contribution in [0.4, 0.5) is 0 Å². The third-order valence-corrected chi connectivity index (χ3v) is 5.20. The summed E-state index contributed by atoms with van der Waals surface area (Å²) in [7, 11) is 0. The Morgan fingerprint density at radius 2 is 2.05 bits per heavy atom. The molecule has 0 radical (unpaired) electrons. The molecule has 2 rings (SSSR count). The van der Waals surface area contributed by atoms with Crippen molar-refractivity contribution in [3.63, 3.8) is 0 Å². The molecule has 0 bridgehead atoms. The third kappa shape index (κ3) is 5.76. The number of hydrogen-bond acceptors (Lipinski definition) is 2. The number of nitrogens with zero attached hydrogens (tertiary/aromatic N) is 2. The highest BCUT2D eigenvalue weighted by Crippen LogP contribution is 2.34. The second-order valence-corrected chi connectivity index (χ2v) is 6.95. The van der Waals surface area contributed by atoms with Crippen LogP contribution in [0.25, 0.3) is 0 Å². The van der Waals surface area contributed by atoms with Gasteiger partial charge in [0.05, 0.1) is 6.33 Å². The molecule has 1 aromatic heterocycles. The minimum Gasteiger partial charge on any atom is -0.337 e. The average molecular weight is 323 g/mol. The standard InChI is InChI=1S/C17H23ClN2S/c1-2-3-4-13-21-17(9-11-20-12-10-19-14-20)15-5-7-16(18)8-6-15/h5-8,10,12,14,17H,2-4,9,11,13H2,1H3. The molecule has 0 amide bonds. The minimum atomic E-state index is 0.529. The van der Waals surface area contributed by atoms with Gasteiger partial charge in [-0.15, -0.1) is 0 Å². The van der Waals surface area contributed by atoms with Crippen molar-refractivity contribution in [3.05, 3.63) is 53.6 Å². The van der Waals surface area contributed by atoms with E-state index in [0.29, 0.717) is 5.25 Å². The maximum Gasteiger partial charge on any atom is 0.0945 e. The molecule has 0 saturated carbocycles. The van der Waals surface area contributed by atoms with Crippen molar-refractivity contribution in [2.75, 3.05) is 5.75 Å². The van der Waals surface area contributed by atoms with Crippen molar-refractivity contribution in [1.29, 1.82) is 0 Å². The lowest BCUT2D eigenvalue weighted by Crippen LogP contribution is -2.02. The molecule has 0 N–H and O–H groups in total. The average Bonchev–Trinajstić information content (AvgIpc) is 3.01. The summed E-state index contributed by atoms with van der Waals surface area (Å²) < 4.78 is 2.15. The molecule has 2 nitrogen and oxygen atoms in total. The Morgan fingerprint density at radius 1 is 1.24 bits per heavy atom. The van der Waals surface area contributed by atoms with Crippen LogP contribution in [0.1, 0.15) is 43.4 Å². The van der Waals surface area contributed by atoms with E-state index in [4.69, 9.17) is 11.6 Å². The molecule has 0 fully saturated rings. The number of thioether (sulfide) groups is 1. The summed E-state index contributed by atoms with van der Waals surface area (Å²) in [6, 6.07) is 8.31. The van der Waals surface area contributed by atoms with Crippen LogP contribution in [-0.4, -0.2) is 15.3 Å². The van der Waals surface area contributed by atoms with E-state index >= 15 is 0 Å². The fourth-order valence-electron chi connectivity index (χ4n) is 2.29. The maximum absolute atomic E-state index is 6.00. The van der Waals surface area contributed by atoms with Crippen molar-refractivity contribution >= 4 is 23.4 Å². The van der Waals surface area contributed by atoms with Crippen molar-refractivity contribution in [2.24, 2.45) is 0 Å². The van der Waals surface area contributed by atoms with Gasteiger partial charge in [-0.3, -0.25) is 0 Å². The lowest BCUT2D eigenvalue weighted by atomic mass is 10.1. The third-order valence-electron chi connectivity index (χ3n) is 3.52. The van der Waals surface area contributed by atoms with Crippen LogP contribution in [0, 0.1) is 0 Å². The first-order valence-corrected chi connectivity index (χ1v) is 9.05. The van der Waals surface area contributed by atoms with Gasteiger partial charge in [0, 0.05) is 29.2 Å². The number of unbranched alkanes of at least 4 members (excludes halogenated alkanes) is 2. The Balaban J connectivity index is 1.93. The second kappa shape index (κ2) is 9.16. The first-order valence-electron chi connectivity index (χ1n) is 7.62. The first-order chi connectivity index (χ1) is 10.3. The molecule has 0 aliphatic carbocycles. The monoisotopic (exact) mass is 322 g/mol. The van der Waals surface area contributed by atoms with Gasteiger partial charge in [-0.2, -0.15) is 11.8 Å². The maximum atomic E-state index is 6.00. The fraction of sp³-hybridized carbons (Fsp3) is 0.471. The topological polar surface area (TPSA) is 17.8 Å². The largest absolute Gasteiger partial charge is 0.337 e. The summed E-state index contributed by atoms with van der Waals surface area (Å²) >= 11 is 8.07. The second-order valence-electron chi connectivity index (χ2n) is 5.21. The van der Waals surface area contributed by atoms with E-state index in [1.807, 2.05) is 30.9 Å². The number of aromatic nitrogens is 2. The van der Waals surface area contributed by atoms with E-state index in [2.05, 4.69) is 40.4 Å². The minimum absolute atomic E-state index is 0.529. The smallest absolute Gasteiger partial charge is 0.0945 e. The molecular weight excluding hydrogens is 300 g/mol. The molecule has 0 spiro atoms. The zero-order chi connectivity index (χ0) is 14.9. The van der Waals surface area contributed by atoms with Gasteiger partial charge >= 0.3 is 0 Å². The van der Waals surface area contributed by atoms with Crippen molar-refractivity contribution in [2.45, 2.75) is 44.4 Å². The van der Waals surface area contributed by atoms with Gasteiger partial charge < -0.3 is 4.57 Å². The summed E-state index contributed by atoms with van der Waals surface area (Å²) in [4.78, 5) is 4.11. The summed E-state index contributed by atoms with van der Waals surface area (Å²) in [5.74, 6) is 1.23. The highest BCUT2D eigenvalue weighted by molar-refractivity contribution is 7.99. The zero-order valence-electron chi connectivity index (χ0n) is 12.5. The molecule has 0 aliphatic heterocycles. The highest BCUT2D eigenvalue weighted by atomic mass is 35.5. The summed E-state index contributed by atoms with van der Waals surface area (Å²) in [6.45, 7) is 3.26. The number of benzene rings is 1. The van der Waals surface area contributed by atoms with Crippen LogP contribution < -0.4 is 0 Å². The predicted octanol–water partition coefficient (Wildman–Crippen LogP) is 5.59. The molecule has 1 atom stereocenters. The lowest BCUT2D eigenvalue weighted by molar-refractivity contribution is 0.634. The SMILES string of the molecule is CCCCCSC(CCn1ccnc1)c1ccc(Cl)cc1. The van der Waals surface area contributed by atoms with Crippen molar-refractivity contribution in [1.82, 2.24) is 9.55 Å². The number of aryl methyl sites for hydroxylation is 1. The summed E-state index contributed by atoms with van der Waals surface area (Å²) in [5.41, 5.74) is 1.38. The molecule has 1 unspecified atom stereocenters. The molecule has 21 heavy (non-hydrogen) atoms. The number of imidazole rings is 1. The molecule has 2 aromatic rings. The van der Waals surface area contributed by atoms with Gasteiger partial charge in [0.15, 0.2) is 0 Å². The molecule has 0 aliphatic rings. The quantitative estimate of drug-likeness (QED) is 0.560. The van der Waals surface area contributed by atoms with Gasteiger partial charge in [-0.05, 0) is 36.3 Å². The van der Waals surface area contributed by atoms with Crippen LogP contribution >= 0.6 is 23.4 Å². The van der Waals surface area contributed by atoms with Gasteiger partial charge in [-0.25, -0.2) is 4.98 Å². The Labute approximate surface area is 136 Å². The van der Waals surface area contributed by atoms with E-state index in [1.54, 1.807) is 0 Å². The van der Waals surface area contributed by atoms with Crippen molar-refractivity contribution in [3.8, 4) is 0 Å². The zero-order valence-corrected chi connectivity index (χ0v) is 14.1. The van der Waals surface area contributed by atoms with Crippen LogP contribution in [-0.2, 0) is 6.54 Å². The molecule has 114 valence electrons. The van der Waals surface area contributed by atoms with Crippen LogP contribution in [0.2, 0.25) is 5.02 Å². The van der Waals surface area contributed by atoms with E-state index in [0.717, 1.165) is 18.0 Å². The fourth-order valence-corrected chi connectivity index (χ4v) is 3.69. The van der Waals surface area contributed by atoms with E-state index in [1.165, 1.54) is 30.6 Å².